The highest BCUT2D eigenvalue weighted by Gasteiger charge is 1.98. The second-order valence-corrected chi connectivity index (χ2v) is 5.50. The maximum atomic E-state index is 5.27. The van der Waals surface area contributed by atoms with Gasteiger partial charge in [-0.1, -0.05) is 12.1 Å². The number of hydrogen-bond acceptors (Lipinski definition) is 3. The normalized spacial score (nSPS) is 10.4. The first-order valence-electron chi connectivity index (χ1n) is 5.45. The van der Waals surface area contributed by atoms with Gasteiger partial charge < -0.3 is 9.73 Å². The first-order chi connectivity index (χ1) is 8.36. The highest BCUT2D eigenvalue weighted by Crippen LogP contribution is 2.21. The van der Waals surface area contributed by atoms with Gasteiger partial charge in [-0.2, -0.15) is 11.8 Å². The third kappa shape index (κ3) is 4.13. The molecule has 1 aromatic heterocycles. The number of benzene rings is 1. The molecule has 4 heteroatoms. The summed E-state index contributed by atoms with van der Waals surface area (Å²) < 4.78 is 6.38. The van der Waals surface area contributed by atoms with Gasteiger partial charge in [-0.15, -0.1) is 0 Å². The van der Waals surface area contributed by atoms with E-state index >= 15 is 0 Å². The Morgan fingerprint density at radius 3 is 2.82 bits per heavy atom. The van der Waals surface area contributed by atoms with Gasteiger partial charge in [-0.3, -0.25) is 0 Å². The lowest BCUT2D eigenvalue weighted by molar-refractivity contribution is 0.530. The van der Waals surface area contributed by atoms with Crippen molar-refractivity contribution in [3.63, 3.8) is 0 Å². The molecule has 0 amide bonds. The largest absolute Gasteiger partial charge is 0.468 e. The molecule has 1 aromatic carbocycles. The number of hydrogen-bond donors (Lipinski definition) is 1. The summed E-state index contributed by atoms with van der Waals surface area (Å²) in [6.45, 7) is 0.952. The maximum absolute atomic E-state index is 5.27. The number of halogens is 1. The van der Waals surface area contributed by atoms with Gasteiger partial charge in [0.25, 0.3) is 0 Å². The van der Waals surface area contributed by atoms with Gasteiger partial charge >= 0.3 is 0 Å². The highest BCUT2D eigenvalue weighted by atomic mass is 79.9. The standard InChI is InChI=1S/C13H14BrNOS/c14-12-5-1-2-6-13(12)15-7-9-17-10-11-4-3-8-16-11/h1-6,8,15H,7,9-10H2. The minimum atomic E-state index is 0.935. The van der Waals surface area contributed by atoms with Gasteiger partial charge in [0.15, 0.2) is 0 Å². The predicted octanol–water partition coefficient (Wildman–Crippen LogP) is 4.39. The molecular weight excluding hydrogens is 298 g/mol. The summed E-state index contributed by atoms with van der Waals surface area (Å²) in [4.78, 5) is 0. The summed E-state index contributed by atoms with van der Waals surface area (Å²) in [6.07, 6.45) is 1.72. The van der Waals surface area contributed by atoms with Crippen molar-refractivity contribution in [1.82, 2.24) is 0 Å². The van der Waals surface area contributed by atoms with Gasteiger partial charge in [0.05, 0.1) is 12.0 Å². The zero-order valence-corrected chi connectivity index (χ0v) is 11.8. The zero-order valence-electron chi connectivity index (χ0n) is 9.36. The molecule has 0 unspecified atom stereocenters. The summed E-state index contributed by atoms with van der Waals surface area (Å²) in [5.41, 5.74) is 1.14. The molecule has 90 valence electrons. The van der Waals surface area contributed by atoms with E-state index in [1.165, 1.54) is 0 Å². The molecule has 0 fully saturated rings. The summed E-state index contributed by atoms with van der Waals surface area (Å²) in [7, 11) is 0. The van der Waals surface area contributed by atoms with Crippen molar-refractivity contribution < 1.29 is 4.42 Å². The molecule has 2 nitrogen and oxygen atoms in total. The van der Waals surface area contributed by atoms with Crippen LogP contribution in [0.1, 0.15) is 5.76 Å². The second-order valence-electron chi connectivity index (χ2n) is 3.54. The van der Waals surface area contributed by atoms with Crippen LogP contribution in [0, 0.1) is 0 Å². The molecule has 1 N–H and O–H groups in total. The van der Waals surface area contributed by atoms with Crippen LogP contribution in [0.15, 0.2) is 51.6 Å². The third-order valence-electron chi connectivity index (χ3n) is 2.26. The Kier molecular flexibility index (Phi) is 5.01. The number of thioether (sulfide) groups is 1. The van der Waals surface area contributed by atoms with Gasteiger partial charge in [0.1, 0.15) is 5.76 Å². The zero-order chi connectivity index (χ0) is 11.9. The Morgan fingerprint density at radius 2 is 2.06 bits per heavy atom. The minimum Gasteiger partial charge on any atom is -0.468 e. The molecule has 0 bridgehead atoms. The van der Waals surface area contributed by atoms with Gasteiger partial charge in [0, 0.05) is 22.5 Å². The van der Waals surface area contributed by atoms with Crippen LogP contribution in [0.5, 0.6) is 0 Å². The molecule has 0 saturated heterocycles. The van der Waals surface area contributed by atoms with E-state index in [-0.39, 0.29) is 0 Å². The van der Waals surface area contributed by atoms with E-state index in [0.717, 1.165) is 34.0 Å². The Labute approximate surface area is 114 Å². The summed E-state index contributed by atoms with van der Waals surface area (Å²) in [5, 5.41) is 3.39. The highest BCUT2D eigenvalue weighted by molar-refractivity contribution is 9.10. The van der Waals surface area contributed by atoms with Crippen LogP contribution in [-0.4, -0.2) is 12.3 Å². The van der Waals surface area contributed by atoms with Crippen molar-refractivity contribution in [2.24, 2.45) is 0 Å². The van der Waals surface area contributed by atoms with E-state index in [1.54, 1.807) is 6.26 Å². The molecular formula is C13H14BrNOS. The molecule has 0 atom stereocenters. The lowest BCUT2D eigenvalue weighted by Crippen LogP contribution is -2.04. The van der Waals surface area contributed by atoms with Crippen molar-refractivity contribution in [1.29, 1.82) is 0 Å². The van der Waals surface area contributed by atoms with Crippen molar-refractivity contribution in [3.8, 4) is 0 Å². The van der Waals surface area contributed by atoms with Gasteiger partial charge in [-0.25, -0.2) is 0 Å². The van der Waals surface area contributed by atoms with Crippen LogP contribution < -0.4 is 5.32 Å². The molecule has 2 aromatic rings. The smallest absolute Gasteiger partial charge is 0.113 e. The Balaban J connectivity index is 1.65. The molecule has 0 saturated carbocycles. The molecule has 0 aliphatic rings. The molecule has 0 aliphatic carbocycles. The van der Waals surface area contributed by atoms with Crippen LogP contribution in [0.3, 0.4) is 0 Å². The van der Waals surface area contributed by atoms with Crippen LogP contribution in [0.25, 0.3) is 0 Å². The van der Waals surface area contributed by atoms with E-state index in [4.69, 9.17) is 4.42 Å². The van der Waals surface area contributed by atoms with Crippen LogP contribution in [0.2, 0.25) is 0 Å². The lowest BCUT2D eigenvalue weighted by Gasteiger charge is -2.07. The summed E-state index contributed by atoms with van der Waals surface area (Å²) in [6, 6.07) is 12.1. The Morgan fingerprint density at radius 1 is 1.18 bits per heavy atom. The average Bonchev–Trinajstić information content (AvgIpc) is 2.84. The molecule has 0 aliphatic heterocycles. The quantitative estimate of drug-likeness (QED) is 0.801. The first kappa shape index (κ1) is 12.6. The van der Waals surface area contributed by atoms with Crippen molar-refractivity contribution in [3.05, 3.63) is 52.9 Å². The lowest BCUT2D eigenvalue weighted by atomic mass is 10.3. The third-order valence-corrected chi connectivity index (χ3v) is 3.93. The number of nitrogens with one attached hydrogen (secondary N) is 1. The fourth-order valence-corrected chi connectivity index (χ4v) is 2.61. The number of furan rings is 1. The van der Waals surface area contributed by atoms with Crippen LogP contribution >= 0.6 is 27.7 Å². The van der Waals surface area contributed by atoms with Crippen molar-refractivity contribution in [2.45, 2.75) is 5.75 Å². The monoisotopic (exact) mass is 311 g/mol. The van der Waals surface area contributed by atoms with Crippen molar-refractivity contribution >= 4 is 33.4 Å². The fraction of sp³-hybridized carbons (Fsp3) is 0.231. The van der Waals surface area contributed by atoms with Gasteiger partial charge in [0.2, 0.25) is 0 Å². The van der Waals surface area contributed by atoms with E-state index in [0.29, 0.717) is 0 Å². The molecule has 1 heterocycles. The maximum Gasteiger partial charge on any atom is 0.113 e. The second kappa shape index (κ2) is 6.77. The summed E-state index contributed by atoms with van der Waals surface area (Å²) >= 11 is 5.38. The van der Waals surface area contributed by atoms with Crippen molar-refractivity contribution in [2.75, 3.05) is 17.6 Å². The molecule has 0 spiro atoms. The van der Waals surface area contributed by atoms with E-state index in [2.05, 4.69) is 27.3 Å². The van der Waals surface area contributed by atoms with E-state index in [1.807, 2.05) is 42.1 Å². The average molecular weight is 312 g/mol. The van der Waals surface area contributed by atoms with Crippen LogP contribution in [0.4, 0.5) is 5.69 Å². The molecule has 17 heavy (non-hydrogen) atoms. The first-order valence-corrected chi connectivity index (χ1v) is 7.39. The molecule has 0 radical (unpaired) electrons. The summed E-state index contributed by atoms with van der Waals surface area (Å²) in [5.74, 6) is 3.03. The number of anilines is 1. The Hall–Kier alpha value is -0.870. The SMILES string of the molecule is Brc1ccccc1NCCSCc1ccco1. The van der Waals surface area contributed by atoms with Gasteiger partial charge in [-0.05, 0) is 40.2 Å². The minimum absolute atomic E-state index is 0.935. The van der Waals surface area contributed by atoms with E-state index in [9.17, 15) is 0 Å². The van der Waals surface area contributed by atoms with Crippen LogP contribution in [-0.2, 0) is 5.75 Å². The number of para-hydroxylation sites is 1. The fourth-order valence-electron chi connectivity index (χ4n) is 1.43. The Bertz CT molecular complexity index is 444. The topological polar surface area (TPSA) is 25.2 Å². The molecule has 2 rings (SSSR count). The van der Waals surface area contributed by atoms with E-state index < -0.39 is 0 Å². The predicted molar refractivity (Wildman–Crippen MR) is 77.5 cm³/mol. The number of rotatable bonds is 6.